The molecule has 0 aliphatic carbocycles. The molecule has 4 nitrogen and oxygen atoms in total. The van der Waals surface area contributed by atoms with Gasteiger partial charge in [-0.3, -0.25) is 4.98 Å². The number of hydrogen-bond donors (Lipinski definition) is 1. The van der Waals surface area contributed by atoms with E-state index in [-0.39, 0.29) is 0 Å². The second kappa shape index (κ2) is 10.5. The summed E-state index contributed by atoms with van der Waals surface area (Å²) in [5.74, 6) is 0. The molecule has 2 aromatic rings. The minimum atomic E-state index is 0.428. The van der Waals surface area contributed by atoms with Crippen molar-refractivity contribution >= 4 is 23.0 Å². The van der Waals surface area contributed by atoms with Crippen LogP contribution in [-0.4, -0.2) is 21.5 Å². The number of nitrogens with zero attached hydrogens (tertiary/aromatic N) is 3. The number of aryl methyl sites for hydroxylation is 2. The van der Waals surface area contributed by atoms with Crippen molar-refractivity contribution in [2.45, 2.75) is 46.1 Å². The van der Waals surface area contributed by atoms with E-state index in [4.69, 9.17) is 17.5 Å². The summed E-state index contributed by atoms with van der Waals surface area (Å²) in [6.45, 7) is 5.53. The molecule has 26 heavy (non-hydrogen) atoms. The van der Waals surface area contributed by atoms with Crippen molar-refractivity contribution in [3.05, 3.63) is 59.4 Å². The molecule has 1 aromatic carbocycles. The molecule has 0 saturated heterocycles. The lowest BCUT2D eigenvalue weighted by Gasteiger charge is -2.25. The SMILES string of the molecule is CCCCc1ccc(NC(=S)N(CCC#N)Cc2cccnc2)c(C)c1. The highest BCUT2D eigenvalue weighted by Crippen LogP contribution is 2.19. The number of benzene rings is 1. The number of hydrogen-bond acceptors (Lipinski definition) is 3. The van der Waals surface area contributed by atoms with Gasteiger partial charge in [0, 0.05) is 31.2 Å². The van der Waals surface area contributed by atoms with E-state index in [9.17, 15) is 0 Å². The summed E-state index contributed by atoms with van der Waals surface area (Å²) in [6, 6.07) is 12.6. The van der Waals surface area contributed by atoms with Gasteiger partial charge in [0.25, 0.3) is 0 Å². The lowest BCUT2D eigenvalue weighted by Crippen LogP contribution is -2.35. The quantitative estimate of drug-likeness (QED) is 0.677. The first-order valence-electron chi connectivity index (χ1n) is 9.05. The molecule has 0 aliphatic rings. The van der Waals surface area contributed by atoms with Gasteiger partial charge in [-0.1, -0.05) is 31.5 Å². The Morgan fingerprint density at radius 1 is 1.31 bits per heavy atom. The van der Waals surface area contributed by atoms with E-state index in [1.807, 2.05) is 23.2 Å². The molecular formula is C21H26N4S. The van der Waals surface area contributed by atoms with Gasteiger partial charge >= 0.3 is 0 Å². The van der Waals surface area contributed by atoms with Crippen LogP contribution < -0.4 is 5.32 Å². The average molecular weight is 367 g/mol. The molecule has 0 bridgehead atoms. The second-order valence-electron chi connectivity index (χ2n) is 6.37. The summed E-state index contributed by atoms with van der Waals surface area (Å²) >= 11 is 5.62. The highest BCUT2D eigenvalue weighted by atomic mass is 32.1. The molecule has 5 heteroatoms. The minimum Gasteiger partial charge on any atom is -0.344 e. The lowest BCUT2D eigenvalue weighted by molar-refractivity contribution is 0.427. The van der Waals surface area contributed by atoms with Crippen LogP contribution in [0.4, 0.5) is 5.69 Å². The van der Waals surface area contributed by atoms with Crippen LogP contribution in [0, 0.1) is 18.3 Å². The Hall–Kier alpha value is -2.45. The maximum Gasteiger partial charge on any atom is 0.173 e. The Bertz CT molecular complexity index is 752. The summed E-state index contributed by atoms with van der Waals surface area (Å²) in [7, 11) is 0. The fourth-order valence-electron chi connectivity index (χ4n) is 2.75. The van der Waals surface area contributed by atoms with Gasteiger partial charge in [-0.2, -0.15) is 5.26 Å². The number of nitrogens with one attached hydrogen (secondary N) is 1. The third-order valence-corrected chi connectivity index (χ3v) is 4.59. The first-order valence-corrected chi connectivity index (χ1v) is 9.46. The van der Waals surface area contributed by atoms with Gasteiger partial charge in [0.15, 0.2) is 5.11 Å². The maximum atomic E-state index is 8.95. The Morgan fingerprint density at radius 3 is 2.81 bits per heavy atom. The highest BCUT2D eigenvalue weighted by molar-refractivity contribution is 7.80. The number of rotatable bonds is 8. The smallest absolute Gasteiger partial charge is 0.173 e. The predicted molar refractivity (Wildman–Crippen MR) is 111 cm³/mol. The Labute approximate surface area is 161 Å². The number of pyridine rings is 1. The molecule has 1 N–H and O–H groups in total. The zero-order valence-corrected chi connectivity index (χ0v) is 16.4. The third kappa shape index (κ3) is 6.12. The summed E-state index contributed by atoms with van der Waals surface area (Å²) in [4.78, 5) is 6.17. The van der Waals surface area contributed by atoms with Crippen molar-refractivity contribution in [3.8, 4) is 6.07 Å². The molecule has 0 spiro atoms. The monoisotopic (exact) mass is 366 g/mol. The second-order valence-corrected chi connectivity index (χ2v) is 6.76. The van der Waals surface area contributed by atoms with Crippen LogP contribution in [0.25, 0.3) is 0 Å². The molecule has 136 valence electrons. The zero-order chi connectivity index (χ0) is 18.8. The van der Waals surface area contributed by atoms with Gasteiger partial charge in [-0.25, -0.2) is 0 Å². The van der Waals surface area contributed by atoms with E-state index < -0.39 is 0 Å². The van der Waals surface area contributed by atoms with Crippen molar-refractivity contribution in [1.29, 1.82) is 5.26 Å². The molecule has 0 aliphatic heterocycles. The normalized spacial score (nSPS) is 10.2. The topological polar surface area (TPSA) is 52.0 Å². The van der Waals surface area contributed by atoms with Crippen LogP contribution >= 0.6 is 12.2 Å². The molecule has 0 amide bonds. The van der Waals surface area contributed by atoms with Crippen molar-refractivity contribution < 1.29 is 0 Å². The zero-order valence-electron chi connectivity index (χ0n) is 15.5. The van der Waals surface area contributed by atoms with E-state index >= 15 is 0 Å². The number of unbranched alkanes of at least 4 members (excludes halogenated alkanes) is 1. The molecule has 0 fully saturated rings. The number of anilines is 1. The van der Waals surface area contributed by atoms with Gasteiger partial charge in [-0.05, 0) is 60.8 Å². The van der Waals surface area contributed by atoms with Crippen molar-refractivity contribution in [3.63, 3.8) is 0 Å². The molecule has 0 saturated carbocycles. The summed E-state index contributed by atoms with van der Waals surface area (Å²) in [5.41, 5.74) is 4.63. The first kappa shape index (κ1) is 19.9. The maximum absolute atomic E-state index is 8.95. The Balaban J connectivity index is 2.07. The van der Waals surface area contributed by atoms with Crippen LogP contribution in [0.2, 0.25) is 0 Å². The molecule has 0 atom stereocenters. The number of thiocarbonyl (C=S) groups is 1. The summed E-state index contributed by atoms with van der Waals surface area (Å²) in [6.07, 6.45) is 7.52. The van der Waals surface area contributed by atoms with Gasteiger partial charge in [0.05, 0.1) is 12.5 Å². The molecule has 2 rings (SSSR count). The molecule has 1 heterocycles. The predicted octanol–water partition coefficient (Wildman–Crippen LogP) is 4.85. The third-order valence-electron chi connectivity index (χ3n) is 4.23. The fraction of sp³-hybridized carbons (Fsp3) is 0.381. The van der Waals surface area contributed by atoms with E-state index in [2.05, 4.69) is 48.4 Å². The van der Waals surface area contributed by atoms with E-state index in [1.54, 1.807) is 6.20 Å². The Kier molecular flexibility index (Phi) is 8.04. The average Bonchev–Trinajstić information content (AvgIpc) is 2.66. The minimum absolute atomic E-state index is 0.428. The van der Waals surface area contributed by atoms with E-state index in [0.717, 1.165) is 17.7 Å². The Morgan fingerprint density at radius 2 is 2.15 bits per heavy atom. The van der Waals surface area contributed by atoms with E-state index in [1.165, 1.54) is 24.0 Å². The van der Waals surface area contributed by atoms with Crippen molar-refractivity contribution in [2.75, 3.05) is 11.9 Å². The summed E-state index contributed by atoms with van der Waals surface area (Å²) in [5, 5.41) is 12.9. The van der Waals surface area contributed by atoms with E-state index in [0.29, 0.717) is 24.6 Å². The summed E-state index contributed by atoms with van der Waals surface area (Å²) < 4.78 is 0. The number of nitriles is 1. The largest absolute Gasteiger partial charge is 0.344 e. The van der Waals surface area contributed by atoms with Crippen LogP contribution in [0.15, 0.2) is 42.7 Å². The lowest BCUT2D eigenvalue weighted by atomic mass is 10.0. The standard InChI is InChI=1S/C21H26N4S/c1-3-4-7-18-9-10-20(17(2)14-18)24-21(26)25(13-6-11-22)16-19-8-5-12-23-15-19/h5,8-10,12,14-15H,3-4,6-7,13,16H2,1-2H3,(H,24,26). The highest BCUT2D eigenvalue weighted by Gasteiger charge is 2.12. The van der Waals surface area contributed by atoms with Gasteiger partial charge in [-0.15, -0.1) is 0 Å². The molecular weight excluding hydrogens is 340 g/mol. The van der Waals surface area contributed by atoms with Crippen molar-refractivity contribution in [2.24, 2.45) is 0 Å². The van der Waals surface area contributed by atoms with Crippen LogP contribution in [0.5, 0.6) is 0 Å². The van der Waals surface area contributed by atoms with Gasteiger partial charge in [0.1, 0.15) is 0 Å². The van der Waals surface area contributed by atoms with Crippen LogP contribution in [0.3, 0.4) is 0 Å². The van der Waals surface area contributed by atoms with Gasteiger partial charge < -0.3 is 10.2 Å². The van der Waals surface area contributed by atoms with Gasteiger partial charge in [0.2, 0.25) is 0 Å². The molecule has 1 aromatic heterocycles. The van der Waals surface area contributed by atoms with Crippen molar-refractivity contribution in [1.82, 2.24) is 9.88 Å². The van der Waals surface area contributed by atoms with Crippen LogP contribution in [0.1, 0.15) is 42.9 Å². The number of aromatic nitrogens is 1. The molecule has 0 radical (unpaired) electrons. The molecule has 0 unspecified atom stereocenters. The first-order chi connectivity index (χ1) is 12.6. The fourth-order valence-corrected chi connectivity index (χ4v) is 3.01. The van der Waals surface area contributed by atoms with Crippen LogP contribution in [-0.2, 0) is 13.0 Å².